The van der Waals surface area contributed by atoms with Crippen LogP contribution in [0.3, 0.4) is 0 Å². The SMILES string of the molecule is CC(C(=O)c1c(Cl)cnn1C)C(C)(C)C. The van der Waals surface area contributed by atoms with Crippen LogP contribution in [0.25, 0.3) is 0 Å². The van der Waals surface area contributed by atoms with Crippen LogP contribution in [0.15, 0.2) is 6.20 Å². The van der Waals surface area contributed by atoms with Gasteiger partial charge in [0, 0.05) is 13.0 Å². The van der Waals surface area contributed by atoms with Crippen LogP contribution < -0.4 is 0 Å². The fourth-order valence-electron chi connectivity index (χ4n) is 1.29. The van der Waals surface area contributed by atoms with Gasteiger partial charge >= 0.3 is 0 Å². The number of ketones is 1. The summed E-state index contributed by atoms with van der Waals surface area (Å²) >= 11 is 5.93. The summed E-state index contributed by atoms with van der Waals surface area (Å²) in [5.41, 5.74) is 0.434. The number of aryl methyl sites for hydroxylation is 1. The lowest BCUT2D eigenvalue weighted by molar-refractivity contribution is 0.0829. The van der Waals surface area contributed by atoms with E-state index in [2.05, 4.69) is 5.10 Å². The summed E-state index contributed by atoms with van der Waals surface area (Å²) in [5, 5.41) is 4.39. The van der Waals surface area contributed by atoms with Gasteiger partial charge in [0.1, 0.15) is 5.69 Å². The third-order valence-electron chi connectivity index (χ3n) is 2.82. The van der Waals surface area contributed by atoms with Crippen molar-refractivity contribution in [3.63, 3.8) is 0 Å². The Morgan fingerprint density at radius 1 is 1.53 bits per heavy atom. The van der Waals surface area contributed by atoms with Crippen molar-refractivity contribution in [1.82, 2.24) is 9.78 Å². The summed E-state index contributed by atoms with van der Waals surface area (Å²) < 4.78 is 1.53. The summed E-state index contributed by atoms with van der Waals surface area (Å²) in [7, 11) is 1.73. The fourth-order valence-corrected chi connectivity index (χ4v) is 1.55. The Bertz CT molecular complexity index is 357. The Labute approximate surface area is 95.4 Å². The van der Waals surface area contributed by atoms with Crippen LogP contribution in [0.2, 0.25) is 5.02 Å². The molecule has 0 bridgehead atoms. The molecule has 0 aromatic carbocycles. The van der Waals surface area contributed by atoms with Crippen molar-refractivity contribution in [1.29, 1.82) is 0 Å². The molecule has 1 aromatic heterocycles. The quantitative estimate of drug-likeness (QED) is 0.730. The first kappa shape index (κ1) is 12.2. The number of hydrogen-bond donors (Lipinski definition) is 0. The highest BCUT2D eigenvalue weighted by Gasteiger charge is 2.30. The topological polar surface area (TPSA) is 34.9 Å². The molecule has 15 heavy (non-hydrogen) atoms. The molecule has 0 aliphatic rings. The van der Waals surface area contributed by atoms with Crippen LogP contribution in [-0.4, -0.2) is 15.6 Å². The molecule has 0 fully saturated rings. The lowest BCUT2D eigenvalue weighted by Crippen LogP contribution is -2.27. The number of Topliss-reactive ketones (excluding diaryl/α,β-unsaturated/α-hetero) is 1. The molecular formula is C11H17ClN2O. The van der Waals surface area contributed by atoms with Gasteiger partial charge in [-0.2, -0.15) is 5.10 Å². The Kier molecular flexibility index (Phi) is 3.24. The maximum atomic E-state index is 12.1. The van der Waals surface area contributed by atoms with Crippen LogP contribution in [-0.2, 0) is 7.05 Å². The third-order valence-corrected chi connectivity index (χ3v) is 3.10. The van der Waals surface area contributed by atoms with Gasteiger partial charge in [-0.05, 0) is 5.41 Å². The molecular weight excluding hydrogens is 212 g/mol. The van der Waals surface area contributed by atoms with Gasteiger partial charge < -0.3 is 0 Å². The van der Waals surface area contributed by atoms with Gasteiger partial charge in [-0.15, -0.1) is 0 Å². The lowest BCUT2D eigenvalue weighted by Gasteiger charge is -2.25. The Hall–Kier alpha value is -0.830. The fraction of sp³-hybridized carbons (Fsp3) is 0.636. The Morgan fingerprint density at radius 2 is 2.07 bits per heavy atom. The van der Waals surface area contributed by atoms with Crippen molar-refractivity contribution >= 4 is 17.4 Å². The maximum absolute atomic E-state index is 12.1. The highest BCUT2D eigenvalue weighted by atomic mass is 35.5. The highest BCUT2D eigenvalue weighted by Crippen LogP contribution is 2.30. The Morgan fingerprint density at radius 3 is 2.40 bits per heavy atom. The summed E-state index contributed by atoms with van der Waals surface area (Å²) in [6, 6.07) is 0. The molecule has 0 radical (unpaired) electrons. The summed E-state index contributed by atoms with van der Waals surface area (Å²) in [6.07, 6.45) is 1.50. The van der Waals surface area contributed by atoms with Crippen molar-refractivity contribution in [2.24, 2.45) is 18.4 Å². The normalized spacial score (nSPS) is 14.0. The number of aromatic nitrogens is 2. The minimum absolute atomic E-state index is 0.0486. The number of halogens is 1. The van der Waals surface area contributed by atoms with Crippen LogP contribution in [0, 0.1) is 11.3 Å². The molecule has 0 spiro atoms. The van der Waals surface area contributed by atoms with Crippen LogP contribution in [0.5, 0.6) is 0 Å². The molecule has 0 saturated heterocycles. The molecule has 0 saturated carbocycles. The van der Waals surface area contributed by atoms with Gasteiger partial charge in [0.25, 0.3) is 0 Å². The van der Waals surface area contributed by atoms with Gasteiger partial charge in [-0.25, -0.2) is 0 Å². The Balaban J connectivity index is 3.06. The van der Waals surface area contributed by atoms with Crippen LogP contribution in [0.4, 0.5) is 0 Å². The zero-order valence-corrected chi connectivity index (χ0v) is 10.6. The predicted octanol–water partition coefficient (Wildman–Crippen LogP) is 2.94. The first-order chi connectivity index (χ1) is 6.75. The van der Waals surface area contributed by atoms with E-state index in [0.29, 0.717) is 10.7 Å². The van der Waals surface area contributed by atoms with Crippen LogP contribution >= 0.6 is 11.6 Å². The number of carbonyl (C=O) groups excluding carboxylic acids is 1. The van der Waals surface area contributed by atoms with Gasteiger partial charge in [0.15, 0.2) is 5.78 Å². The first-order valence-electron chi connectivity index (χ1n) is 4.97. The smallest absolute Gasteiger partial charge is 0.185 e. The number of nitrogens with zero attached hydrogens (tertiary/aromatic N) is 2. The van der Waals surface area contributed by atoms with E-state index in [1.165, 1.54) is 10.9 Å². The lowest BCUT2D eigenvalue weighted by atomic mass is 9.79. The molecule has 0 amide bonds. The van der Waals surface area contributed by atoms with Crippen molar-refractivity contribution in [3.8, 4) is 0 Å². The van der Waals surface area contributed by atoms with Gasteiger partial charge in [0.2, 0.25) is 0 Å². The van der Waals surface area contributed by atoms with Gasteiger partial charge in [0.05, 0.1) is 11.2 Å². The molecule has 0 aliphatic heterocycles. The maximum Gasteiger partial charge on any atom is 0.185 e. The van der Waals surface area contributed by atoms with E-state index >= 15 is 0 Å². The van der Waals surface area contributed by atoms with Crippen molar-refractivity contribution in [3.05, 3.63) is 16.9 Å². The number of rotatable bonds is 2. The average molecular weight is 229 g/mol. The van der Waals surface area contributed by atoms with Crippen molar-refractivity contribution in [2.75, 3.05) is 0 Å². The zero-order valence-electron chi connectivity index (χ0n) is 9.84. The molecule has 1 heterocycles. The summed E-state index contributed by atoms with van der Waals surface area (Å²) in [5.74, 6) is -0.0297. The molecule has 1 aromatic rings. The molecule has 0 aliphatic carbocycles. The predicted molar refractivity (Wildman–Crippen MR) is 61.2 cm³/mol. The van der Waals surface area contributed by atoms with E-state index in [-0.39, 0.29) is 17.1 Å². The average Bonchev–Trinajstić information content (AvgIpc) is 2.42. The number of carbonyl (C=O) groups is 1. The number of hydrogen-bond acceptors (Lipinski definition) is 2. The van der Waals surface area contributed by atoms with Crippen molar-refractivity contribution in [2.45, 2.75) is 27.7 Å². The van der Waals surface area contributed by atoms with E-state index in [4.69, 9.17) is 11.6 Å². The second-order valence-electron chi connectivity index (χ2n) is 4.92. The molecule has 1 unspecified atom stereocenters. The minimum atomic E-state index is -0.0783. The second-order valence-corrected chi connectivity index (χ2v) is 5.32. The molecule has 3 nitrogen and oxygen atoms in total. The van der Waals surface area contributed by atoms with E-state index in [1.54, 1.807) is 7.05 Å². The highest BCUT2D eigenvalue weighted by molar-refractivity contribution is 6.33. The largest absolute Gasteiger partial charge is 0.292 e. The molecule has 4 heteroatoms. The molecule has 1 atom stereocenters. The van der Waals surface area contributed by atoms with Gasteiger partial charge in [-0.3, -0.25) is 9.48 Å². The van der Waals surface area contributed by atoms with E-state index < -0.39 is 0 Å². The van der Waals surface area contributed by atoms with Crippen LogP contribution in [0.1, 0.15) is 38.2 Å². The molecule has 0 N–H and O–H groups in total. The van der Waals surface area contributed by atoms with Gasteiger partial charge in [-0.1, -0.05) is 39.3 Å². The van der Waals surface area contributed by atoms with E-state index in [9.17, 15) is 4.79 Å². The monoisotopic (exact) mass is 228 g/mol. The van der Waals surface area contributed by atoms with E-state index in [0.717, 1.165) is 0 Å². The molecule has 84 valence electrons. The molecule has 1 rings (SSSR count). The second kappa shape index (κ2) is 3.97. The first-order valence-corrected chi connectivity index (χ1v) is 5.34. The summed E-state index contributed by atoms with van der Waals surface area (Å²) in [4.78, 5) is 12.1. The minimum Gasteiger partial charge on any atom is -0.292 e. The zero-order chi connectivity index (χ0) is 11.8. The van der Waals surface area contributed by atoms with E-state index in [1.807, 2.05) is 27.7 Å². The van der Waals surface area contributed by atoms with Crippen molar-refractivity contribution < 1.29 is 4.79 Å². The standard InChI is InChI=1S/C11H17ClN2O/c1-7(11(2,3)4)10(15)9-8(12)6-13-14(9)5/h6-7H,1-5H3. The third kappa shape index (κ3) is 2.40. The summed E-state index contributed by atoms with van der Waals surface area (Å²) in [6.45, 7) is 8.05.